The van der Waals surface area contributed by atoms with Crippen LogP contribution in [0.25, 0.3) is 16.3 Å². The molecule has 6 heteroatoms. The van der Waals surface area contributed by atoms with E-state index in [4.69, 9.17) is 16.3 Å². The van der Waals surface area contributed by atoms with Crippen molar-refractivity contribution in [3.8, 4) is 5.75 Å². The summed E-state index contributed by atoms with van der Waals surface area (Å²) < 4.78 is 6.71. The van der Waals surface area contributed by atoms with E-state index in [2.05, 4.69) is 4.98 Å². The lowest BCUT2D eigenvalue weighted by Crippen LogP contribution is -2.29. The van der Waals surface area contributed by atoms with Gasteiger partial charge in [-0.05, 0) is 42.5 Å². The Kier molecular flexibility index (Phi) is 5.68. The molecule has 0 atom stereocenters. The highest BCUT2D eigenvalue weighted by Gasteiger charge is 2.06. The van der Waals surface area contributed by atoms with Gasteiger partial charge in [0.15, 0.2) is 0 Å². The number of likely N-dealkylation sites (N-methyl/N-ethyl adjacent to an activating group) is 1. The second kappa shape index (κ2) is 8.14. The van der Waals surface area contributed by atoms with E-state index < -0.39 is 0 Å². The molecule has 0 bridgehead atoms. The molecule has 25 heavy (non-hydrogen) atoms. The highest BCUT2D eigenvalue weighted by Crippen LogP contribution is 2.22. The fourth-order valence-corrected chi connectivity index (χ4v) is 3.17. The van der Waals surface area contributed by atoms with Crippen molar-refractivity contribution in [2.45, 2.75) is 0 Å². The van der Waals surface area contributed by atoms with Gasteiger partial charge in [0, 0.05) is 18.1 Å². The molecule has 0 aliphatic carbocycles. The molecule has 1 aromatic heterocycles. The van der Waals surface area contributed by atoms with E-state index in [9.17, 15) is 4.79 Å². The second-order valence-corrected chi connectivity index (χ2v) is 6.91. The van der Waals surface area contributed by atoms with Gasteiger partial charge in [-0.3, -0.25) is 4.79 Å². The van der Waals surface area contributed by atoms with Gasteiger partial charge in [0.1, 0.15) is 17.4 Å². The minimum Gasteiger partial charge on any atom is -0.492 e. The van der Waals surface area contributed by atoms with Crippen LogP contribution in [0.1, 0.15) is 5.01 Å². The zero-order valence-corrected chi connectivity index (χ0v) is 15.3. The first-order valence-electron chi connectivity index (χ1n) is 7.79. The highest BCUT2D eigenvalue weighted by molar-refractivity contribution is 7.19. The molecule has 4 nitrogen and oxygen atoms in total. The van der Waals surface area contributed by atoms with Crippen molar-refractivity contribution in [2.75, 3.05) is 20.2 Å². The number of carbonyl (C=O) groups is 1. The molecule has 3 rings (SSSR count). The van der Waals surface area contributed by atoms with Gasteiger partial charge in [0.2, 0.25) is 5.91 Å². The van der Waals surface area contributed by atoms with Crippen LogP contribution < -0.4 is 4.74 Å². The van der Waals surface area contributed by atoms with Crippen LogP contribution in [0.5, 0.6) is 5.75 Å². The van der Waals surface area contributed by atoms with Crippen LogP contribution in [0.15, 0.2) is 54.6 Å². The third kappa shape index (κ3) is 4.81. The third-order valence-electron chi connectivity index (χ3n) is 3.56. The lowest BCUT2D eigenvalue weighted by molar-refractivity contribution is -0.125. The number of carbonyl (C=O) groups excluding carboxylic acids is 1. The Morgan fingerprint density at radius 3 is 2.76 bits per heavy atom. The van der Waals surface area contributed by atoms with Crippen molar-refractivity contribution in [1.82, 2.24) is 9.88 Å². The Morgan fingerprint density at radius 1 is 1.24 bits per heavy atom. The summed E-state index contributed by atoms with van der Waals surface area (Å²) in [4.78, 5) is 18.3. The fraction of sp³-hybridized carbons (Fsp3) is 0.158. The molecular formula is C19H17ClN2O2S. The highest BCUT2D eigenvalue weighted by atomic mass is 35.5. The number of halogens is 1. The van der Waals surface area contributed by atoms with Crippen molar-refractivity contribution in [2.24, 2.45) is 0 Å². The van der Waals surface area contributed by atoms with Crippen LogP contribution in [0.2, 0.25) is 5.02 Å². The van der Waals surface area contributed by atoms with Gasteiger partial charge < -0.3 is 9.64 Å². The van der Waals surface area contributed by atoms with Gasteiger partial charge in [-0.15, -0.1) is 11.3 Å². The Labute approximate surface area is 155 Å². The van der Waals surface area contributed by atoms with E-state index in [1.165, 1.54) is 0 Å². The third-order valence-corrected chi connectivity index (χ3v) is 4.82. The summed E-state index contributed by atoms with van der Waals surface area (Å²) in [5.41, 5.74) is 0.948. The molecule has 2 aromatic carbocycles. The van der Waals surface area contributed by atoms with Gasteiger partial charge in [-0.2, -0.15) is 0 Å². The molecule has 0 saturated heterocycles. The molecule has 0 aliphatic rings. The minimum absolute atomic E-state index is 0.0843. The number of benzene rings is 2. The molecule has 0 N–H and O–H groups in total. The first-order chi connectivity index (χ1) is 12.1. The maximum absolute atomic E-state index is 12.2. The van der Waals surface area contributed by atoms with E-state index in [-0.39, 0.29) is 5.91 Å². The molecule has 0 radical (unpaired) electrons. The first kappa shape index (κ1) is 17.5. The number of amides is 1. The molecule has 3 aromatic rings. The normalized spacial score (nSPS) is 11.1. The number of hydrogen-bond donors (Lipinski definition) is 0. The fourth-order valence-electron chi connectivity index (χ4n) is 2.17. The minimum atomic E-state index is -0.0843. The smallest absolute Gasteiger partial charge is 0.246 e. The average molecular weight is 373 g/mol. The maximum Gasteiger partial charge on any atom is 0.246 e. The van der Waals surface area contributed by atoms with Crippen molar-refractivity contribution in [3.63, 3.8) is 0 Å². The van der Waals surface area contributed by atoms with Crippen molar-refractivity contribution in [3.05, 3.63) is 64.6 Å². The number of thiazole rings is 1. The number of para-hydroxylation sites is 1. The van der Waals surface area contributed by atoms with Gasteiger partial charge in [-0.1, -0.05) is 23.7 Å². The van der Waals surface area contributed by atoms with Crippen molar-refractivity contribution in [1.29, 1.82) is 0 Å². The van der Waals surface area contributed by atoms with E-state index in [0.29, 0.717) is 18.2 Å². The van der Waals surface area contributed by atoms with E-state index >= 15 is 0 Å². The molecule has 0 saturated carbocycles. The summed E-state index contributed by atoms with van der Waals surface area (Å²) in [6.45, 7) is 0.907. The zero-order chi connectivity index (χ0) is 17.6. The monoisotopic (exact) mass is 372 g/mol. The van der Waals surface area contributed by atoms with E-state index in [0.717, 1.165) is 21.0 Å². The number of hydrogen-bond acceptors (Lipinski definition) is 4. The Bertz CT molecular complexity index is 857. The van der Waals surface area contributed by atoms with E-state index in [1.807, 2.05) is 24.3 Å². The van der Waals surface area contributed by atoms with Gasteiger partial charge in [0.05, 0.1) is 16.8 Å². The number of aromatic nitrogens is 1. The Balaban J connectivity index is 1.50. The van der Waals surface area contributed by atoms with E-state index in [1.54, 1.807) is 59.7 Å². The largest absolute Gasteiger partial charge is 0.492 e. The van der Waals surface area contributed by atoms with Crippen LogP contribution in [0.3, 0.4) is 0 Å². The van der Waals surface area contributed by atoms with Gasteiger partial charge >= 0.3 is 0 Å². The standard InChI is InChI=1S/C19H17ClN2O2S/c1-22(12-13-24-15-8-6-14(20)7-9-15)19(23)11-10-18-21-16-4-2-3-5-17(16)25-18/h2-11H,12-13H2,1H3. The molecule has 0 unspecified atom stereocenters. The maximum atomic E-state index is 12.2. The molecule has 0 fully saturated rings. The van der Waals surface area contributed by atoms with Crippen LogP contribution in [0.4, 0.5) is 0 Å². The number of fused-ring (bicyclic) bond motifs is 1. The lowest BCUT2D eigenvalue weighted by Gasteiger charge is -2.15. The molecule has 1 amide bonds. The summed E-state index contributed by atoms with van der Waals surface area (Å²) in [5, 5.41) is 1.49. The summed E-state index contributed by atoms with van der Waals surface area (Å²) in [6.07, 6.45) is 3.30. The summed E-state index contributed by atoms with van der Waals surface area (Å²) in [6, 6.07) is 15.1. The van der Waals surface area contributed by atoms with Crippen molar-refractivity contribution < 1.29 is 9.53 Å². The quantitative estimate of drug-likeness (QED) is 0.598. The molecule has 0 aliphatic heterocycles. The predicted octanol–water partition coefficient (Wildman–Crippen LogP) is 4.50. The second-order valence-electron chi connectivity index (χ2n) is 5.42. The summed E-state index contributed by atoms with van der Waals surface area (Å²) in [5.74, 6) is 0.647. The molecule has 0 spiro atoms. The lowest BCUT2D eigenvalue weighted by atomic mass is 10.3. The topological polar surface area (TPSA) is 42.4 Å². The first-order valence-corrected chi connectivity index (χ1v) is 8.98. The van der Waals surface area contributed by atoms with Gasteiger partial charge in [-0.25, -0.2) is 4.98 Å². The number of rotatable bonds is 6. The molecule has 128 valence electrons. The van der Waals surface area contributed by atoms with Gasteiger partial charge in [0.25, 0.3) is 0 Å². The zero-order valence-electron chi connectivity index (χ0n) is 13.7. The van der Waals surface area contributed by atoms with Crippen LogP contribution in [-0.4, -0.2) is 36.0 Å². The molecule has 1 heterocycles. The summed E-state index contributed by atoms with van der Waals surface area (Å²) >= 11 is 7.39. The van der Waals surface area contributed by atoms with Crippen LogP contribution in [0, 0.1) is 0 Å². The van der Waals surface area contributed by atoms with Crippen LogP contribution in [-0.2, 0) is 4.79 Å². The summed E-state index contributed by atoms with van der Waals surface area (Å²) in [7, 11) is 1.75. The van der Waals surface area contributed by atoms with Crippen molar-refractivity contribution >= 4 is 45.1 Å². The van der Waals surface area contributed by atoms with Crippen LogP contribution >= 0.6 is 22.9 Å². The molecular weight excluding hydrogens is 356 g/mol. The number of ether oxygens (including phenoxy) is 1. The Morgan fingerprint density at radius 2 is 2.00 bits per heavy atom. The Hall–Kier alpha value is -2.37. The predicted molar refractivity (Wildman–Crippen MR) is 103 cm³/mol. The SMILES string of the molecule is CN(CCOc1ccc(Cl)cc1)C(=O)C=Cc1nc2ccccc2s1. The average Bonchev–Trinajstić information content (AvgIpc) is 3.04. The number of nitrogens with zero attached hydrogens (tertiary/aromatic N) is 2.